The number of hydrogen-bond acceptors (Lipinski definition) is 2. The van der Waals surface area contributed by atoms with Crippen LogP contribution in [0, 0.1) is 0 Å². The minimum absolute atomic E-state index is 0.690. The van der Waals surface area contributed by atoms with Gasteiger partial charge in [-0.2, -0.15) is 0 Å². The Kier molecular flexibility index (Phi) is 2.47. The van der Waals surface area contributed by atoms with Crippen LogP contribution in [-0.2, 0) is 0 Å². The number of aliphatic hydroxyl groups excluding tert-OH is 2. The average molecular weight is 154 g/mol. The van der Waals surface area contributed by atoms with Gasteiger partial charge < -0.3 is 10.2 Å². The standard InChI is InChI=1S/C9H14O2/c1-3-7-5-4-6(2)8(10)9(7)11/h4-5,8-11H,3H2,1-2H3/t8-,9+/m1/s1. The summed E-state index contributed by atoms with van der Waals surface area (Å²) in [6.45, 7) is 3.78. The van der Waals surface area contributed by atoms with Crippen LogP contribution in [0.25, 0.3) is 0 Å². The monoisotopic (exact) mass is 154 g/mol. The van der Waals surface area contributed by atoms with Gasteiger partial charge in [-0.05, 0) is 24.5 Å². The Bertz CT molecular complexity index is 204. The van der Waals surface area contributed by atoms with Crippen molar-refractivity contribution in [3.05, 3.63) is 23.3 Å². The molecule has 62 valence electrons. The van der Waals surface area contributed by atoms with Gasteiger partial charge in [0.25, 0.3) is 0 Å². The normalized spacial score (nSPS) is 31.3. The second-order valence-electron chi connectivity index (χ2n) is 2.90. The van der Waals surface area contributed by atoms with Gasteiger partial charge in [0.2, 0.25) is 0 Å². The third-order valence-electron chi connectivity index (χ3n) is 2.11. The molecule has 2 heteroatoms. The van der Waals surface area contributed by atoms with Crippen molar-refractivity contribution in [2.45, 2.75) is 32.5 Å². The molecule has 1 aliphatic carbocycles. The molecule has 2 atom stereocenters. The molecule has 0 spiro atoms. The Labute approximate surface area is 66.9 Å². The van der Waals surface area contributed by atoms with Gasteiger partial charge >= 0.3 is 0 Å². The maximum atomic E-state index is 9.45. The van der Waals surface area contributed by atoms with Crippen LogP contribution >= 0.6 is 0 Å². The quantitative estimate of drug-likeness (QED) is 0.591. The van der Waals surface area contributed by atoms with Crippen molar-refractivity contribution >= 4 is 0 Å². The van der Waals surface area contributed by atoms with E-state index in [1.165, 1.54) is 0 Å². The summed E-state index contributed by atoms with van der Waals surface area (Å²) in [7, 11) is 0. The molecule has 0 aromatic heterocycles. The van der Waals surface area contributed by atoms with Crippen molar-refractivity contribution in [3.8, 4) is 0 Å². The highest BCUT2D eigenvalue weighted by Gasteiger charge is 2.22. The average Bonchev–Trinajstić information content (AvgIpc) is 2.01. The lowest BCUT2D eigenvalue weighted by Crippen LogP contribution is -2.30. The molecule has 0 amide bonds. The van der Waals surface area contributed by atoms with E-state index < -0.39 is 12.2 Å². The molecule has 11 heavy (non-hydrogen) atoms. The molecular weight excluding hydrogens is 140 g/mol. The minimum atomic E-state index is -0.699. The van der Waals surface area contributed by atoms with E-state index in [0.29, 0.717) is 0 Å². The first-order valence-corrected chi connectivity index (χ1v) is 3.90. The van der Waals surface area contributed by atoms with E-state index in [-0.39, 0.29) is 0 Å². The molecule has 2 nitrogen and oxygen atoms in total. The minimum Gasteiger partial charge on any atom is -0.386 e. The first-order valence-electron chi connectivity index (χ1n) is 3.90. The number of rotatable bonds is 1. The van der Waals surface area contributed by atoms with E-state index in [1.54, 1.807) is 0 Å². The van der Waals surface area contributed by atoms with Crippen LogP contribution in [0.2, 0.25) is 0 Å². The number of hydrogen-bond donors (Lipinski definition) is 2. The highest BCUT2D eigenvalue weighted by atomic mass is 16.3. The maximum absolute atomic E-state index is 9.45. The second-order valence-corrected chi connectivity index (χ2v) is 2.90. The van der Waals surface area contributed by atoms with E-state index in [4.69, 9.17) is 0 Å². The molecule has 0 radical (unpaired) electrons. The zero-order valence-corrected chi connectivity index (χ0v) is 6.91. The van der Waals surface area contributed by atoms with Crippen molar-refractivity contribution in [3.63, 3.8) is 0 Å². The van der Waals surface area contributed by atoms with Crippen LogP contribution in [0.15, 0.2) is 23.3 Å². The summed E-state index contributed by atoms with van der Waals surface area (Å²) in [5, 5.41) is 18.8. The zero-order valence-electron chi connectivity index (χ0n) is 6.91. The highest BCUT2D eigenvalue weighted by molar-refractivity contribution is 5.30. The van der Waals surface area contributed by atoms with Crippen LogP contribution in [-0.4, -0.2) is 22.4 Å². The molecular formula is C9H14O2. The fourth-order valence-electron chi connectivity index (χ4n) is 1.21. The lowest BCUT2D eigenvalue weighted by atomic mass is 9.92. The SMILES string of the molecule is CCC1=CC=C(C)[C@@H](O)[C@H]1O. The largest absolute Gasteiger partial charge is 0.386 e. The molecule has 0 aromatic carbocycles. The van der Waals surface area contributed by atoms with Crippen LogP contribution < -0.4 is 0 Å². The Hall–Kier alpha value is -0.600. The summed E-state index contributed by atoms with van der Waals surface area (Å²) in [6.07, 6.45) is 3.14. The summed E-state index contributed by atoms with van der Waals surface area (Å²) >= 11 is 0. The van der Waals surface area contributed by atoms with Crippen LogP contribution in [0.5, 0.6) is 0 Å². The fourth-order valence-corrected chi connectivity index (χ4v) is 1.21. The molecule has 1 rings (SSSR count). The maximum Gasteiger partial charge on any atom is 0.105 e. The van der Waals surface area contributed by atoms with Crippen molar-refractivity contribution in [1.29, 1.82) is 0 Å². The summed E-state index contributed by atoms with van der Waals surface area (Å²) < 4.78 is 0. The molecule has 0 fully saturated rings. The van der Waals surface area contributed by atoms with Gasteiger partial charge in [-0.1, -0.05) is 19.1 Å². The smallest absolute Gasteiger partial charge is 0.105 e. The molecule has 0 saturated carbocycles. The first kappa shape index (κ1) is 8.50. The fraction of sp³-hybridized carbons (Fsp3) is 0.556. The molecule has 1 aliphatic rings. The van der Waals surface area contributed by atoms with Crippen molar-refractivity contribution in [1.82, 2.24) is 0 Å². The van der Waals surface area contributed by atoms with Crippen molar-refractivity contribution in [2.75, 3.05) is 0 Å². The second kappa shape index (κ2) is 3.20. The third-order valence-corrected chi connectivity index (χ3v) is 2.11. The Morgan fingerprint density at radius 2 is 1.91 bits per heavy atom. The molecule has 0 aromatic rings. The Morgan fingerprint density at radius 3 is 2.45 bits per heavy atom. The molecule has 2 N–H and O–H groups in total. The molecule has 0 unspecified atom stereocenters. The highest BCUT2D eigenvalue weighted by Crippen LogP contribution is 2.21. The zero-order chi connectivity index (χ0) is 8.43. The van der Waals surface area contributed by atoms with Gasteiger partial charge in [0, 0.05) is 0 Å². The summed E-state index contributed by atoms with van der Waals surface area (Å²) in [6, 6.07) is 0. The van der Waals surface area contributed by atoms with Crippen LogP contribution in [0.4, 0.5) is 0 Å². The topological polar surface area (TPSA) is 40.5 Å². The first-order chi connectivity index (χ1) is 5.16. The predicted molar refractivity (Wildman–Crippen MR) is 44.1 cm³/mol. The predicted octanol–water partition coefficient (Wildman–Crippen LogP) is 1.00. The number of aliphatic hydroxyl groups is 2. The van der Waals surface area contributed by atoms with E-state index in [9.17, 15) is 10.2 Å². The van der Waals surface area contributed by atoms with Gasteiger partial charge in [0.05, 0.1) is 0 Å². The summed E-state index contributed by atoms with van der Waals surface area (Å²) in [5.74, 6) is 0. The lowest BCUT2D eigenvalue weighted by Gasteiger charge is -2.23. The molecule has 0 saturated heterocycles. The van der Waals surface area contributed by atoms with E-state index >= 15 is 0 Å². The van der Waals surface area contributed by atoms with E-state index in [2.05, 4.69) is 0 Å². The Balaban J connectivity index is 2.84. The lowest BCUT2D eigenvalue weighted by molar-refractivity contribution is 0.0621. The summed E-state index contributed by atoms with van der Waals surface area (Å²) in [5.41, 5.74) is 1.73. The van der Waals surface area contributed by atoms with E-state index in [1.807, 2.05) is 26.0 Å². The van der Waals surface area contributed by atoms with Crippen molar-refractivity contribution in [2.24, 2.45) is 0 Å². The van der Waals surface area contributed by atoms with Gasteiger partial charge in [-0.3, -0.25) is 0 Å². The molecule has 0 heterocycles. The van der Waals surface area contributed by atoms with Gasteiger partial charge in [-0.25, -0.2) is 0 Å². The van der Waals surface area contributed by atoms with Gasteiger partial charge in [0.15, 0.2) is 0 Å². The third kappa shape index (κ3) is 1.52. The van der Waals surface area contributed by atoms with Crippen LogP contribution in [0.3, 0.4) is 0 Å². The van der Waals surface area contributed by atoms with Crippen LogP contribution in [0.1, 0.15) is 20.3 Å². The van der Waals surface area contributed by atoms with E-state index in [0.717, 1.165) is 17.6 Å². The Morgan fingerprint density at radius 1 is 1.27 bits per heavy atom. The summed E-state index contributed by atoms with van der Waals surface area (Å²) in [4.78, 5) is 0. The molecule has 0 bridgehead atoms. The van der Waals surface area contributed by atoms with Crippen molar-refractivity contribution < 1.29 is 10.2 Å². The number of allylic oxidation sites excluding steroid dienone is 2. The van der Waals surface area contributed by atoms with Gasteiger partial charge in [-0.15, -0.1) is 0 Å². The molecule has 0 aliphatic heterocycles. The van der Waals surface area contributed by atoms with Gasteiger partial charge in [0.1, 0.15) is 12.2 Å².